The summed E-state index contributed by atoms with van der Waals surface area (Å²) in [5, 5.41) is 4.69. The highest BCUT2D eigenvalue weighted by atomic mass is 16.5. The van der Waals surface area contributed by atoms with Gasteiger partial charge >= 0.3 is 5.97 Å². The molecule has 0 radical (unpaired) electrons. The predicted octanol–water partition coefficient (Wildman–Crippen LogP) is 2.90. The third-order valence-electron chi connectivity index (χ3n) is 4.82. The standard InChI is InChI=1S/C22H18N2O4/c1-28-22(27)16-10-8-14(9-11-16)12-23-19(25)13-24-18-7-3-5-15-4-2-6-17(20(15)18)21(24)26/h2-11H,12-13H2,1H3,(H,23,25). The number of carbonyl (C=O) groups is 3. The monoisotopic (exact) mass is 374 g/mol. The Morgan fingerprint density at radius 2 is 1.71 bits per heavy atom. The number of hydrogen-bond acceptors (Lipinski definition) is 4. The average molecular weight is 374 g/mol. The minimum absolute atomic E-state index is 0.0487. The second kappa shape index (κ2) is 7.15. The average Bonchev–Trinajstić information content (AvgIpc) is 3.00. The van der Waals surface area contributed by atoms with Crippen LogP contribution < -0.4 is 10.2 Å². The Hall–Kier alpha value is -3.67. The third-order valence-corrected chi connectivity index (χ3v) is 4.82. The van der Waals surface area contributed by atoms with Gasteiger partial charge in [0.25, 0.3) is 5.91 Å². The van der Waals surface area contributed by atoms with Crippen molar-refractivity contribution in [2.24, 2.45) is 0 Å². The van der Waals surface area contributed by atoms with Gasteiger partial charge in [0.2, 0.25) is 5.91 Å². The summed E-state index contributed by atoms with van der Waals surface area (Å²) in [5.41, 5.74) is 2.68. The largest absolute Gasteiger partial charge is 0.465 e. The van der Waals surface area contributed by atoms with Crippen molar-refractivity contribution in [1.29, 1.82) is 0 Å². The maximum absolute atomic E-state index is 12.7. The zero-order chi connectivity index (χ0) is 19.7. The van der Waals surface area contributed by atoms with E-state index in [1.165, 1.54) is 12.0 Å². The summed E-state index contributed by atoms with van der Waals surface area (Å²) in [7, 11) is 1.33. The van der Waals surface area contributed by atoms with E-state index >= 15 is 0 Å². The zero-order valence-electron chi connectivity index (χ0n) is 15.3. The van der Waals surface area contributed by atoms with Gasteiger partial charge in [0.1, 0.15) is 6.54 Å². The second-order valence-electron chi connectivity index (χ2n) is 6.54. The Bertz CT molecular complexity index is 1080. The molecular formula is C22H18N2O4. The molecule has 6 heteroatoms. The number of nitrogens with zero attached hydrogens (tertiary/aromatic N) is 1. The molecule has 0 atom stereocenters. The van der Waals surface area contributed by atoms with Gasteiger partial charge in [-0.2, -0.15) is 0 Å². The van der Waals surface area contributed by atoms with Crippen molar-refractivity contribution in [2.45, 2.75) is 6.54 Å². The highest BCUT2D eigenvalue weighted by Gasteiger charge is 2.30. The number of hydrogen-bond donors (Lipinski definition) is 1. The summed E-state index contributed by atoms with van der Waals surface area (Å²) >= 11 is 0. The van der Waals surface area contributed by atoms with Crippen molar-refractivity contribution >= 4 is 34.2 Å². The quantitative estimate of drug-likeness (QED) is 0.697. The Balaban J connectivity index is 1.43. The van der Waals surface area contributed by atoms with Crippen LogP contribution in [0.1, 0.15) is 26.3 Å². The molecule has 3 aromatic carbocycles. The van der Waals surface area contributed by atoms with Crippen molar-refractivity contribution in [3.05, 3.63) is 77.4 Å². The van der Waals surface area contributed by atoms with Crippen LogP contribution in [0.4, 0.5) is 5.69 Å². The normalized spacial score (nSPS) is 12.3. The van der Waals surface area contributed by atoms with E-state index in [1.54, 1.807) is 30.3 Å². The molecule has 0 aromatic heterocycles. The van der Waals surface area contributed by atoms with E-state index in [1.807, 2.05) is 30.3 Å². The maximum atomic E-state index is 12.7. The molecule has 1 heterocycles. The third kappa shape index (κ3) is 3.09. The number of benzene rings is 3. The number of methoxy groups -OCH3 is 1. The van der Waals surface area contributed by atoms with Gasteiger partial charge in [0.05, 0.1) is 18.4 Å². The fourth-order valence-corrected chi connectivity index (χ4v) is 3.41. The van der Waals surface area contributed by atoms with E-state index in [0.717, 1.165) is 22.0 Å². The SMILES string of the molecule is COC(=O)c1ccc(CNC(=O)CN2C(=O)c3cccc4cccc2c34)cc1. The first-order chi connectivity index (χ1) is 13.6. The molecule has 1 N–H and O–H groups in total. The van der Waals surface area contributed by atoms with Crippen LogP contribution in [0.5, 0.6) is 0 Å². The molecule has 0 saturated heterocycles. The number of ether oxygens (including phenoxy) is 1. The summed E-state index contributed by atoms with van der Waals surface area (Å²) in [6, 6.07) is 18.1. The van der Waals surface area contributed by atoms with Gasteiger partial charge in [-0.1, -0.05) is 36.4 Å². The first-order valence-corrected chi connectivity index (χ1v) is 8.86. The van der Waals surface area contributed by atoms with Crippen LogP contribution in [0, 0.1) is 0 Å². The highest BCUT2D eigenvalue weighted by Crippen LogP contribution is 2.36. The molecule has 1 aliphatic heterocycles. The lowest BCUT2D eigenvalue weighted by molar-refractivity contribution is -0.119. The van der Waals surface area contributed by atoms with Crippen LogP contribution >= 0.6 is 0 Å². The zero-order valence-corrected chi connectivity index (χ0v) is 15.3. The van der Waals surface area contributed by atoms with Crippen molar-refractivity contribution in [3.63, 3.8) is 0 Å². The first kappa shape index (κ1) is 17.7. The smallest absolute Gasteiger partial charge is 0.337 e. The van der Waals surface area contributed by atoms with Gasteiger partial charge in [0.15, 0.2) is 0 Å². The molecule has 0 spiro atoms. The molecule has 140 valence electrons. The van der Waals surface area contributed by atoms with Gasteiger partial charge in [-0.15, -0.1) is 0 Å². The highest BCUT2D eigenvalue weighted by molar-refractivity contribution is 6.26. The lowest BCUT2D eigenvalue weighted by Gasteiger charge is -2.17. The fraction of sp³-hybridized carbons (Fsp3) is 0.136. The predicted molar refractivity (Wildman–Crippen MR) is 105 cm³/mol. The minimum Gasteiger partial charge on any atom is -0.465 e. The van der Waals surface area contributed by atoms with Crippen LogP contribution in [0.15, 0.2) is 60.7 Å². The van der Waals surface area contributed by atoms with Gasteiger partial charge < -0.3 is 10.1 Å². The number of anilines is 1. The van der Waals surface area contributed by atoms with E-state index in [4.69, 9.17) is 0 Å². The molecule has 0 saturated carbocycles. The summed E-state index contributed by atoms with van der Waals surface area (Å²) < 4.78 is 4.66. The molecule has 28 heavy (non-hydrogen) atoms. The lowest BCUT2D eigenvalue weighted by Crippen LogP contribution is -2.38. The molecule has 4 rings (SSSR count). The van der Waals surface area contributed by atoms with E-state index < -0.39 is 5.97 Å². The Labute approximate surface area is 161 Å². The number of rotatable bonds is 5. The first-order valence-electron chi connectivity index (χ1n) is 8.86. The summed E-state index contributed by atoms with van der Waals surface area (Å²) in [4.78, 5) is 38.1. The maximum Gasteiger partial charge on any atom is 0.337 e. The van der Waals surface area contributed by atoms with Crippen LogP contribution in [0.25, 0.3) is 10.8 Å². The number of esters is 1. The van der Waals surface area contributed by atoms with E-state index in [-0.39, 0.29) is 18.4 Å². The van der Waals surface area contributed by atoms with Crippen molar-refractivity contribution in [1.82, 2.24) is 5.32 Å². The molecule has 0 unspecified atom stereocenters. The summed E-state index contributed by atoms with van der Waals surface area (Å²) in [6.07, 6.45) is 0. The van der Waals surface area contributed by atoms with Gasteiger partial charge in [0, 0.05) is 17.5 Å². The Morgan fingerprint density at radius 1 is 1.00 bits per heavy atom. The van der Waals surface area contributed by atoms with Crippen LogP contribution in [0.2, 0.25) is 0 Å². The van der Waals surface area contributed by atoms with Crippen LogP contribution in [0.3, 0.4) is 0 Å². The molecule has 3 aromatic rings. The molecule has 6 nitrogen and oxygen atoms in total. The molecule has 0 fully saturated rings. The Morgan fingerprint density at radius 3 is 2.43 bits per heavy atom. The molecule has 2 amide bonds. The molecule has 0 aliphatic carbocycles. The van der Waals surface area contributed by atoms with Crippen LogP contribution in [-0.4, -0.2) is 31.4 Å². The fourth-order valence-electron chi connectivity index (χ4n) is 3.41. The molecule has 1 aliphatic rings. The minimum atomic E-state index is -0.406. The lowest BCUT2D eigenvalue weighted by atomic mass is 10.1. The number of nitrogens with one attached hydrogen (secondary N) is 1. The van der Waals surface area contributed by atoms with Crippen LogP contribution in [-0.2, 0) is 16.1 Å². The van der Waals surface area contributed by atoms with Crippen molar-refractivity contribution in [3.8, 4) is 0 Å². The van der Waals surface area contributed by atoms with Gasteiger partial charge in [-0.3, -0.25) is 14.5 Å². The van der Waals surface area contributed by atoms with Crippen molar-refractivity contribution < 1.29 is 19.1 Å². The summed E-state index contributed by atoms with van der Waals surface area (Å²) in [5.74, 6) is -0.823. The Kier molecular flexibility index (Phi) is 4.53. The number of carbonyl (C=O) groups excluding carboxylic acids is 3. The molecule has 0 bridgehead atoms. The van der Waals surface area contributed by atoms with E-state index in [0.29, 0.717) is 17.7 Å². The van der Waals surface area contributed by atoms with Crippen molar-refractivity contribution in [2.75, 3.05) is 18.6 Å². The second-order valence-corrected chi connectivity index (χ2v) is 6.54. The van der Waals surface area contributed by atoms with Gasteiger partial charge in [-0.05, 0) is 35.2 Å². The van der Waals surface area contributed by atoms with E-state index in [2.05, 4.69) is 10.1 Å². The summed E-state index contributed by atoms with van der Waals surface area (Å²) in [6.45, 7) is 0.256. The number of amides is 2. The van der Waals surface area contributed by atoms with Gasteiger partial charge in [-0.25, -0.2) is 4.79 Å². The topological polar surface area (TPSA) is 75.7 Å². The molecular weight excluding hydrogens is 356 g/mol. The van der Waals surface area contributed by atoms with E-state index in [9.17, 15) is 14.4 Å².